The van der Waals surface area contributed by atoms with Gasteiger partial charge in [-0.1, -0.05) is 23.8 Å². The molecule has 2 aromatic rings. The van der Waals surface area contributed by atoms with Crippen LogP contribution in [0.1, 0.15) is 30.4 Å². The van der Waals surface area contributed by atoms with E-state index >= 15 is 0 Å². The second kappa shape index (κ2) is 9.41. The second-order valence-electron chi connectivity index (χ2n) is 8.39. The lowest BCUT2D eigenvalue weighted by Crippen LogP contribution is -2.48. The highest BCUT2D eigenvalue weighted by Crippen LogP contribution is 2.32. The van der Waals surface area contributed by atoms with Gasteiger partial charge in [-0.25, -0.2) is 0 Å². The largest absolute Gasteiger partial charge is 0.497 e. The number of nitrogens with zero attached hydrogens (tertiary/aromatic N) is 2. The maximum Gasteiger partial charge on any atom is 0.242 e. The van der Waals surface area contributed by atoms with Crippen LogP contribution in [-0.4, -0.2) is 50.1 Å². The lowest BCUT2D eigenvalue weighted by atomic mass is 9.95. The van der Waals surface area contributed by atoms with Gasteiger partial charge >= 0.3 is 0 Å². The normalized spacial score (nSPS) is 18.0. The fourth-order valence-electron chi connectivity index (χ4n) is 4.26. The highest BCUT2D eigenvalue weighted by atomic mass is 16.5. The van der Waals surface area contributed by atoms with Crippen molar-refractivity contribution in [3.05, 3.63) is 53.6 Å². The van der Waals surface area contributed by atoms with Crippen molar-refractivity contribution >= 4 is 17.5 Å². The first-order valence-corrected chi connectivity index (χ1v) is 11.0. The molecule has 2 amide bonds. The number of likely N-dealkylation sites (tertiary alicyclic amines) is 1. The molecule has 0 spiro atoms. The zero-order valence-electron chi connectivity index (χ0n) is 18.3. The van der Waals surface area contributed by atoms with E-state index in [1.165, 1.54) is 0 Å². The van der Waals surface area contributed by atoms with Crippen molar-refractivity contribution in [3.63, 3.8) is 0 Å². The van der Waals surface area contributed by atoms with Gasteiger partial charge < -0.3 is 19.3 Å². The summed E-state index contributed by atoms with van der Waals surface area (Å²) in [7, 11) is 1.62. The Hall–Kier alpha value is -3.02. The van der Waals surface area contributed by atoms with Crippen LogP contribution in [0.25, 0.3) is 0 Å². The molecule has 2 aromatic carbocycles. The SMILES string of the molecule is COc1ccc2c(c1)OCC(C(=O)N(CC(=O)N1CCCCC1)c1ccc(C)cc1)C2. The lowest BCUT2D eigenvalue weighted by Gasteiger charge is -2.33. The van der Waals surface area contributed by atoms with Gasteiger partial charge in [-0.05, 0) is 56.4 Å². The van der Waals surface area contributed by atoms with E-state index in [9.17, 15) is 9.59 Å². The smallest absolute Gasteiger partial charge is 0.242 e. The van der Waals surface area contributed by atoms with Gasteiger partial charge in [0.15, 0.2) is 0 Å². The molecule has 0 aromatic heterocycles. The van der Waals surface area contributed by atoms with Crippen molar-refractivity contribution in [2.24, 2.45) is 5.92 Å². The zero-order valence-corrected chi connectivity index (χ0v) is 18.3. The molecule has 6 heteroatoms. The van der Waals surface area contributed by atoms with Crippen molar-refractivity contribution in [2.75, 3.05) is 38.3 Å². The molecule has 6 nitrogen and oxygen atoms in total. The Kier molecular flexibility index (Phi) is 6.44. The predicted molar refractivity (Wildman–Crippen MR) is 120 cm³/mol. The van der Waals surface area contributed by atoms with Crippen LogP contribution in [-0.2, 0) is 16.0 Å². The van der Waals surface area contributed by atoms with Crippen molar-refractivity contribution in [3.8, 4) is 11.5 Å². The Morgan fingerprint density at radius 1 is 1.10 bits per heavy atom. The quantitative estimate of drug-likeness (QED) is 0.739. The van der Waals surface area contributed by atoms with Crippen molar-refractivity contribution in [1.82, 2.24) is 4.90 Å². The molecule has 4 rings (SSSR count). The minimum atomic E-state index is -0.337. The van der Waals surface area contributed by atoms with Crippen molar-refractivity contribution in [2.45, 2.75) is 32.6 Å². The van der Waals surface area contributed by atoms with E-state index in [1.807, 2.05) is 54.3 Å². The van der Waals surface area contributed by atoms with Gasteiger partial charge in [0.25, 0.3) is 0 Å². The number of benzene rings is 2. The maximum atomic E-state index is 13.6. The Bertz CT molecular complexity index is 935. The standard InChI is InChI=1S/C25H30N2O4/c1-18-6-9-21(10-7-18)27(16-24(28)26-12-4-3-5-13-26)25(29)20-14-19-8-11-22(30-2)15-23(19)31-17-20/h6-11,15,20H,3-5,12-14,16-17H2,1-2H3. The number of hydrogen-bond acceptors (Lipinski definition) is 4. The van der Waals surface area contributed by atoms with Gasteiger partial charge in [0.1, 0.15) is 24.7 Å². The molecule has 1 saturated heterocycles. The van der Waals surface area contributed by atoms with Crippen LogP contribution in [0.15, 0.2) is 42.5 Å². The molecule has 0 saturated carbocycles. The third kappa shape index (κ3) is 4.84. The molecule has 1 atom stereocenters. The summed E-state index contributed by atoms with van der Waals surface area (Å²) in [6, 6.07) is 13.5. The van der Waals surface area contributed by atoms with E-state index in [1.54, 1.807) is 12.0 Å². The minimum absolute atomic E-state index is 0.00971. The van der Waals surface area contributed by atoms with Gasteiger partial charge in [-0.15, -0.1) is 0 Å². The van der Waals surface area contributed by atoms with Crippen molar-refractivity contribution in [1.29, 1.82) is 0 Å². The number of rotatable bonds is 5. The molecular formula is C25H30N2O4. The van der Waals surface area contributed by atoms with Gasteiger partial charge in [0.05, 0.1) is 13.0 Å². The molecule has 0 N–H and O–H groups in total. The Labute approximate surface area is 183 Å². The summed E-state index contributed by atoms with van der Waals surface area (Å²) in [6.07, 6.45) is 3.80. The Morgan fingerprint density at radius 2 is 1.84 bits per heavy atom. The number of carbonyl (C=O) groups excluding carboxylic acids is 2. The highest BCUT2D eigenvalue weighted by Gasteiger charge is 2.32. The third-order valence-corrected chi connectivity index (χ3v) is 6.14. The van der Waals surface area contributed by atoms with E-state index < -0.39 is 0 Å². The molecule has 1 unspecified atom stereocenters. The molecule has 0 aliphatic carbocycles. The zero-order chi connectivity index (χ0) is 21.8. The summed E-state index contributed by atoms with van der Waals surface area (Å²) < 4.78 is 11.2. The van der Waals surface area contributed by atoms with E-state index in [-0.39, 0.29) is 24.3 Å². The number of aryl methyl sites for hydroxylation is 1. The summed E-state index contributed by atoms with van der Waals surface area (Å²) in [5.41, 5.74) is 2.85. The summed E-state index contributed by atoms with van der Waals surface area (Å²) in [6.45, 7) is 3.91. The Morgan fingerprint density at radius 3 is 2.55 bits per heavy atom. The van der Waals surface area contributed by atoms with Gasteiger partial charge in [-0.3, -0.25) is 9.59 Å². The topological polar surface area (TPSA) is 59.1 Å². The first kappa shape index (κ1) is 21.2. The number of ether oxygens (including phenoxy) is 2. The molecule has 0 radical (unpaired) electrons. The number of hydrogen-bond donors (Lipinski definition) is 0. The average Bonchev–Trinajstić information content (AvgIpc) is 2.82. The molecule has 2 heterocycles. The van der Waals surface area contributed by atoms with Crippen molar-refractivity contribution < 1.29 is 19.1 Å². The number of piperidine rings is 1. The summed E-state index contributed by atoms with van der Waals surface area (Å²) in [4.78, 5) is 30.1. The first-order valence-electron chi connectivity index (χ1n) is 11.0. The van der Waals surface area contributed by atoms with Gasteiger partial charge in [0, 0.05) is 24.8 Å². The number of anilines is 1. The van der Waals surface area contributed by atoms with Crippen LogP contribution < -0.4 is 14.4 Å². The predicted octanol–water partition coefficient (Wildman–Crippen LogP) is 3.60. The molecule has 164 valence electrons. The number of methoxy groups -OCH3 is 1. The third-order valence-electron chi connectivity index (χ3n) is 6.14. The first-order chi connectivity index (χ1) is 15.0. The molecule has 2 aliphatic rings. The number of fused-ring (bicyclic) bond motifs is 1. The van der Waals surface area contributed by atoms with Gasteiger partial charge in [-0.2, -0.15) is 0 Å². The second-order valence-corrected chi connectivity index (χ2v) is 8.39. The molecule has 0 bridgehead atoms. The van der Waals surface area contributed by atoms with E-state index in [0.29, 0.717) is 13.0 Å². The Balaban J connectivity index is 1.54. The molecule has 2 aliphatic heterocycles. The monoisotopic (exact) mass is 422 g/mol. The molecule has 1 fully saturated rings. The van der Waals surface area contributed by atoms with Crippen LogP contribution in [0.3, 0.4) is 0 Å². The fourth-order valence-corrected chi connectivity index (χ4v) is 4.26. The fraction of sp³-hybridized carbons (Fsp3) is 0.440. The van der Waals surface area contributed by atoms with E-state index in [0.717, 1.165) is 60.7 Å². The molecule has 31 heavy (non-hydrogen) atoms. The lowest BCUT2D eigenvalue weighted by molar-refractivity contribution is -0.133. The van der Waals surface area contributed by atoms with Crippen LogP contribution in [0, 0.1) is 12.8 Å². The minimum Gasteiger partial charge on any atom is -0.497 e. The average molecular weight is 423 g/mol. The van der Waals surface area contributed by atoms with Crippen LogP contribution in [0.4, 0.5) is 5.69 Å². The number of amides is 2. The van der Waals surface area contributed by atoms with Gasteiger partial charge in [0.2, 0.25) is 11.8 Å². The van der Waals surface area contributed by atoms with E-state index in [2.05, 4.69) is 0 Å². The molecular weight excluding hydrogens is 392 g/mol. The summed E-state index contributed by atoms with van der Waals surface area (Å²) in [5, 5.41) is 0. The van der Waals surface area contributed by atoms with Crippen LogP contribution >= 0.6 is 0 Å². The number of carbonyl (C=O) groups is 2. The van der Waals surface area contributed by atoms with Crippen LogP contribution in [0.5, 0.6) is 11.5 Å². The maximum absolute atomic E-state index is 13.6. The summed E-state index contributed by atoms with van der Waals surface area (Å²) in [5.74, 6) is 1.09. The van der Waals surface area contributed by atoms with E-state index in [4.69, 9.17) is 9.47 Å². The highest BCUT2D eigenvalue weighted by molar-refractivity contribution is 6.00. The summed E-state index contributed by atoms with van der Waals surface area (Å²) >= 11 is 0. The van der Waals surface area contributed by atoms with Crippen LogP contribution in [0.2, 0.25) is 0 Å².